The number of rotatable bonds is 6. The lowest BCUT2D eigenvalue weighted by Crippen LogP contribution is -2.34. The minimum Gasteiger partial charge on any atom is -0.496 e. The highest BCUT2D eigenvalue weighted by molar-refractivity contribution is 8.00. The van der Waals surface area contributed by atoms with Crippen molar-refractivity contribution in [2.45, 2.75) is 5.37 Å². The van der Waals surface area contributed by atoms with E-state index in [9.17, 15) is 4.79 Å². The molecule has 0 bridgehead atoms. The van der Waals surface area contributed by atoms with Crippen molar-refractivity contribution in [2.75, 3.05) is 32.5 Å². The second-order valence-electron chi connectivity index (χ2n) is 6.23. The highest BCUT2D eigenvalue weighted by Gasteiger charge is 2.36. The molecule has 0 spiro atoms. The second kappa shape index (κ2) is 8.04. The molecule has 1 unspecified atom stereocenters. The maximum absolute atomic E-state index is 12.7. The zero-order valence-electron chi connectivity index (χ0n) is 16.2. The van der Waals surface area contributed by atoms with E-state index in [-0.39, 0.29) is 11.3 Å². The minimum absolute atomic E-state index is 0.0560. The summed E-state index contributed by atoms with van der Waals surface area (Å²) < 4.78 is 16.4. The highest BCUT2D eigenvalue weighted by Crippen LogP contribution is 2.46. The monoisotopic (exact) mass is 412 g/mol. The fraction of sp³-hybridized carbons (Fsp3) is 0.250. The standard InChI is InChI=1S/C20H20N4O4S/c1-26-15-9-17(28-3)16(27-2)8-13(15)20-24(18(25)10-29-20)23-19-12-6-4-5-7-14(12)21-11-22-19/h4-9,11,20H,10H2,1-3H3,(H,21,22,23). The lowest BCUT2D eigenvalue weighted by Gasteiger charge is -2.27. The molecule has 0 saturated carbocycles. The van der Waals surface area contributed by atoms with Crippen molar-refractivity contribution in [3.63, 3.8) is 0 Å². The topological polar surface area (TPSA) is 85.8 Å². The van der Waals surface area contributed by atoms with Gasteiger partial charge in [-0.1, -0.05) is 12.1 Å². The van der Waals surface area contributed by atoms with E-state index in [4.69, 9.17) is 14.2 Å². The van der Waals surface area contributed by atoms with Gasteiger partial charge in [-0.3, -0.25) is 10.2 Å². The van der Waals surface area contributed by atoms with Gasteiger partial charge in [-0.15, -0.1) is 11.8 Å². The van der Waals surface area contributed by atoms with Crippen LogP contribution in [-0.4, -0.2) is 48.0 Å². The SMILES string of the molecule is COc1cc(OC)c(C2SCC(=O)N2Nc2ncnc3ccccc23)cc1OC. The molecule has 9 heteroatoms. The van der Waals surface area contributed by atoms with E-state index in [0.717, 1.165) is 16.5 Å². The van der Waals surface area contributed by atoms with Gasteiger partial charge in [0.15, 0.2) is 17.3 Å². The van der Waals surface area contributed by atoms with Crippen molar-refractivity contribution in [3.8, 4) is 17.2 Å². The average Bonchev–Trinajstić information content (AvgIpc) is 3.13. The van der Waals surface area contributed by atoms with Crippen molar-refractivity contribution in [3.05, 3.63) is 48.3 Å². The number of ether oxygens (including phenoxy) is 3. The summed E-state index contributed by atoms with van der Waals surface area (Å²) in [5, 5.41) is 2.08. The molecule has 0 radical (unpaired) electrons. The number of hydrazine groups is 1. The Bertz CT molecular complexity index is 1060. The summed E-state index contributed by atoms with van der Waals surface area (Å²) in [5.74, 6) is 2.57. The number of anilines is 1. The molecule has 2 heterocycles. The number of nitrogens with zero attached hydrogens (tertiary/aromatic N) is 3. The predicted octanol–water partition coefficient (Wildman–Crippen LogP) is 3.26. The first-order valence-corrected chi connectivity index (χ1v) is 9.91. The molecular formula is C20H20N4O4S. The highest BCUT2D eigenvalue weighted by atomic mass is 32.2. The number of para-hydroxylation sites is 1. The van der Waals surface area contributed by atoms with Crippen molar-refractivity contribution >= 4 is 34.4 Å². The van der Waals surface area contributed by atoms with Gasteiger partial charge in [0.25, 0.3) is 5.91 Å². The number of benzene rings is 2. The molecule has 1 aliphatic heterocycles. The molecule has 1 aromatic heterocycles. The van der Waals surface area contributed by atoms with Crippen LogP contribution in [0.25, 0.3) is 10.9 Å². The van der Waals surface area contributed by atoms with E-state index in [1.54, 1.807) is 32.4 Å². The molecule has 1 saturated heterocycles. The van der Waals surface area contributed by atoms with E-state index in [2.05, 4.69) is 15.4 Å². The quantitative estimate of drug-likeness (QED) is 0.660. The molecule has 1 N–H and O–H groups in total. The number of methoxy groups -OCH3 is 3. The first-order valence-electron chi connectivity index (χ1n) is 8.86. The van der Waals surface area contributed by atoms with Gasteiger partial charge in [0.2, 0.25) is 0 Å². The predicted molar refractivity (Wildman–Crippen MR) is 111 cm³/mol. The molecule has 8 nitrogen and oxygen atoms in total. The number of amides is 1. The second-order valence-corrected chi connectivity index (χ2v) is 7.30. The van der Waals surface area contributed by atoms with E-state index in [1.807, 2.05) is 30.3 Å². The molecule has 0 aliphatic carbocycles. The summed E-state index contributed by atoms with van der Waals surface area (Å²) >= 11 is 1.49. The fourth-order valence-corrected chi connectivity index (χ4v) is 4.35. The number of hydrogen-bond acceptors (Lipinski definition) is 8. The van der Waals surface area contributed by atoms with E-state index < -0.39 is 0 Å². The summed E-state index contributed by atoms with van der Waals surface area (Å²) in [4.78, 5) is 21.3. The molecule has 1 fully saturated rings. The molecule has 2 aromatic carbocycles. The average molecular weight is 412 g/mol. The Kier molecular flexibility index (Phi) is 5.30. The molecule has 150 valence electrons. The van der Waals surface area contributed by atoms with Gasteiger partial charge in [-0.05, 0) is 18.2 Å². The van der Waals surface area contributed by atoms with Crippen LogP contribution in [0.1, 0.15) is 10.9 Å². The summed E-state index contributed by atoms with van der Waals surface area (Å²) in [6, 6.07) is 11.2. The van der Waals surface area contributed by atoms with Crippen molar-refractivity contribution in [2.24, 2.45) is 0 Å². The third-order valence-corrected chi connectivity index (χ3v) is 5.83. The summed E-state index contributed by atoms with van der Waals surface area (Å²) in [6.45, 7) is 0. The van der Waals surface area contributed by atoms with Gasteiger partial charge < -0.3 is 14.2 Å². The summed E-state index contributed by atoms with van der Waals surface area (Å²) in [7, 11) is 4.73. The molecule has 29 heavy (non-hydrogen) atoms. The van der Waals surface area contributed by atoms with Crippen LogP contribution in [0.5, 0.6) is 17.2 Å². The van der Waals surface area contributed by atoms with Gasteiger partial charge in [0, 0.05) is 17.0 Å². The minimum atomic E-state index is -0.328. The lowest BCUT2D eigenvalue weighted by molar-refractivity contribution is -0.126. The van der Waals surface area contributed by atoms with Gasteiger partial charge in [-0.25, -0.2) is 15.0 Å². The van der Waals surface area contributed by atoms with Crippen LogP contribution >= 0.6 is 11.8 Å². The van der Waals surface area contributed by atoms with Crippen molar-refractivity contribution in [1.29, 1.82) is 0 Å². The number of fused-ring (bicyclic) bond motifs is 1. The van der Waals surface area contributed by atoms with Crippen LogP contribution in [0.15, 0.2) is 42.7 Å². The Morgan fingerprint density at radius 1 is 1.03 bits per heavy atom. The number of nitrogens with one attached hydrogen (secondary N) is 1. The first-order chi connectivity index (χ1) is 14.2. The van der Waals surface area contributed by atoms with Gasteiger partial charge in [-0.2, -0.15) is 0 Å². The van der Waals surface area contributed by atoms with Crippen molar-refractivity contribution in [1.82, 2.24) is 15.0 Å². The van der Waals surface area contributed by atoms with Crippen LogP contribution in [-0.2, 0) is 4.79 Å². The zero-order valence-corrected chi connectivity index (χ0v) is 17.0. The molecule has 1 aliphatic rings. The van der Waals surface area contributed by atoms with Crippen LogP contribution in [0, 0.1) is 0 Å². The Hall–Kier alpha value is -3.20. The third kappa shape index (κ3) is 3.49. The Balaban J connectivity index is 1.74. The molecule has 1 amide bonds. The third-order valence-electron chi connectivity index (χ3n) is 4.64. The smallest absolute Gasteiger partial charge is 0.252 e. The lowest BCUT2D eigenvalue weighted by atomic mass is 10.1. The van der Waals surface area contributed by atoms with E-state index in [0.29, 0.717) is 28.8 Å². The fourth-order valence-electron chi connectivity index (χ4n) is 3.23. The van der Waals surface area contributed by atoms with Crippen LogP contribution in [0.2, 0.25) is 0 Å². The number of aromatic nitrogens is 2. The van der Waals surface area contributed by atoms with Crippen LogP contribution in [0.3, 0.4) is 0 Å². The van der Waals surface area contributed by atoms with E-state index in [1.165, 1.54) is 18.1 Å². The van der Waals surface area contributed by atoms with Gasteiger partial charge >= 0.3 is 0 Å². The number of carbonyl (C=O) groups excluding carboxylic acids is 1. The Morgan fingerprint density at radius 2 is 1.76 bits per heavy atom. The van der Waals surface area contributed by atoms with Crippen molar-refractivity contribution < 1.29 is 19.0 Å². The summed E-state index contributed by atoms with van der Waals surface area (Å²) in [6.07, 6.45) is 1.48. The summed E-state index contributed by atoms with van der Waals surface area (Å²) in [5.41, 5.74) is 4.78. The molecule has 1 atom stereocenters. The molecule has 4 rings (SSSR count). The van der Waals surface area contributed by atoms with Crippen LogP contribution in [0.4, 0.5) is 5.82 Å². The largest absolute Gasteiger partial charge is 0.496 e. The number of thioether (sulfide) groups is 1. The number of hydrogen-bond donors (Lipinski definition) is 1. The Morgan fingerprint density at radius 3 is 2.52 bits per heavy atom. The maximum atomic E-state index is 12.7. The van der Waals surface area contributed by atoms with E-state index >= 15 is 0 Å². The van der Waals surface area contributed by atoms with Crippen LogP contribution < -0.4 is 19.6 Å². The molecular weight excluding hydrogens is 392 g/mol. The zero-order chi connectivity index (χ0) is 20.4. The first kappa shape index (κ1) is 19.1. The molecule has 3 aromatic rings. The normalized spacial score (nSPS) is 16.2. The van der Waals surface area contributed by atoms with Gasteiger partial charge in [0.1, 0.15) is 17.5 Å². The number of carbonyl (C=O) groups is 1. The maximum Gasteiger partial charge on any atom is 0.252 e. The van der Waals surface area contributed by atoms with Gasteiger partial charge in [0.05, 0.1) is 32.6 Å². The Labute approximate surface area is 172 Å².